The summed E-state index contributed by atoms with van der Waals surface area (Å²) < 4.78 is 19.2. The lowest BCUT2D eigenvalue weighted by molar-refractivity contribution is -0.139. The zero-order valence-corrected chi connectivity index (χ0v) is 25.2. The fourth-order valence-corrected chi connectivity index (χ4v) is 6.60. The summed E-state index contributed by atoms with van der Waals surface area (Å²) in [5.41, 5.74) is 2.72. The summed E-state index contributed by atoms with van der Waals surface area (Å²) >= 11 is 1.19. The van der Waals surface area contributed by atoms with Gasteiger partial charge in [-0.3, -0.25) is 9.36 Å². The second-order valence-electron chi connectivity index (χ2n) is 10.2. The number of ether oxygens (including phenoxy) is 2. The molecule has 1 aliphatic heterocycles. The number of thiazole rings is 1. The Kier molecular flexibility index (Phi) is 7.52. The Morgan fingerprint density at radius 3 is 2.61 bits per heavy atom. The van der Waals surface area contributed by atoms with Gasteiger partial charge in [0.15, 0.2) is 4.80 Å². The standard InChI is InChI=1S/C34H28N2O7S/c1-5-42-33(40)28-19(3)35-34-36(30(28)29-24-9-7-6-8-20(24)11-14-26(29)41-4)31(37)27(44-34)17-22-12-15-25(43-22)23-13-10-21(32(38)39)16-18(23)2/h6-17,30H,5H2,1-4H3,(H,38,39)/b27-17-/t30-/m1/s1. The second-order valence-corrected chi connectivity index (χ2v) is 11.3. The van der Waals surface area contributed by atoms with Gasteiger partial charge in [0.05, 0.1) is 35.1 Å². The van der Waals surface area contributed by atoms with E-state index >= 15 is 0 Å². The lowest BCUT2D eigenvalue weighted by atomic mass is 9.90. The number of carboxylic acid groups (broad SMARTS) is 1. The molecular formula is C34H28N2O7S. The summed E-state index contributed by atoms with van der Waals surface area (Å²) in [4.78, 5) is 44.0. The predicted molar refractivity (Wildman–Crippen MR) is 167 cm³/mol. The molecule has 1 aliphatic rings. The maximum Gasteiger partial charge on any atom is 0.338 e. The average Bonchev–Trinajstić information content (AvgIpc) is 3.59. The van der Waals surface area contributed by atoms with E-state index < -0.39 is 18.0 Å². The second kappa shape index (κ2) is 11.5. The van der Waals surface area contributed by atoms with Gasteiger partial charge in [0.25, 0.3) is 5.56 Å². The zero-order chi connectivity index (χ0) is 31.1. The summed E-state index contributed by atoms with van der Waals surface area (Å²) in [6, 6.07) is 19.0. The minimum absolute atomic E-state index is 0.165. The van der Waals surface area contributed by atoms with Crippen molar-refractivity contribution in [1.82, 2.24) is 4.57 Å². The molecule has 10 heteroatoms. The number of aromatic carboxylic acids is 1. The number of benzene rings is 3. The van der Waals surface area contributed by atoms with Crippen LogP contribution in [-0.2, 0) is 9.53 Å². The van der Waals surface area contributed by atoms with Gasteiger partial charge < -0.3 is 19.0 Å². The van der Waals surface area contributed by atoms with Crippen molar-refractivity contribution in [2.75, 3.05) is 13.7 Å². The third-order valence-electron chi connectivity index (χ3n) is 7.58. The lowest BCUT2D eigenvalue weighted by Crippen LogP contribution is -2.40. The minimum Gasteiger partial charge on any atom is -0.496 e. The van der Waals surface area contributed by atoms with E-state index in [1.54, 1.807) is 51.3 Å². The normalized spacial score (nSPS) is 14.8. The number of aromatic nitrogens is 1. The molecule has 6 rings (SSSR count). The Labute approximate surface area is 255 Å². The largest absolute Gasteiger partial charge is 0.496 e. The van der Waals surface area contributed by atoms with E-state index in [4.69, 9.17) is 13.9 Å². The number of hydrogen-bond acceptors (Lipinski definition) is 8. The summed E-state index contributed by atoms with van der Waals surface area (Å²) in [5, 5.41) is 11.1. The fourth-order valence-electron chi connectivity index (χ4n) is 5.58. The van der Waals surface area contributed by atoms with Gasteiger partial charge in [0.1, 0.15) is 23.3 Å². The Hall–Kier alpha value is -5.22. The molecule has 0 unspecified atom stereocenters. The molecule has 0 bridgehead atoms. The van der Waals surface area contributed by atoms with Gasteiger partial charge in [-0.25, -0.2) is 14.6 Å². The number of methoxy groups -OCH3 is 1. The highest BCUT2D eigenvalue weighted by molar-refractivity contribution is 7.07. The maximum absolute atomic E-state index is 14.2. The van der Waals surface area contributed by atoms with E-state index in [2.05, 4.69) is 4.99 Å². The molecule has 9 nitrogen and oxygen atoms in total. The minimum atomic E-state index is -1.00. The van der Waals surface area contributed by atoms with E-state index in [9.17, 15) is 19.5 Å². The van der Waals surface area contributed by atoms with Crippen LogP contribution in [0.1, 0.15) is 47.1 Å². The van der Waals surface area contributed by atoms with Crippen LogP contribution in [0.25, 0.3) is 28.2 Å². The molecule has 0 fully saturated rings. The smallest absolute Gasteiger partial charge is 0.338 e. The van der Waals surface area contributed by atoms with Crippen molar-refractivity contribution in [3.8, 4) is 17.1 Å². The molecule has 0 spiro atoms. The Morgan fingerprint density at radius 2 is 1.89 bits per heavy atom. The first-order valence-corrected chi connectivity index (χ1v) is 14.7. The number of carbonyl (C=O) groups excluding carboxylic acids is 1. The van der Waals surface area contributed by atoms with Gasteiger partial charge in [-0.2, -0.15) is 0 Å². The molecule has 3 aromatic carbocycles. The number of esters is 1. The van der Waals surface area contributed by atoms with Crippen LogP contribution >= 0.6 is 11.3 Å². The number of hydrogen-bond donors (Lipinski definition) is 1. The van der Waals surface area contributed by atoms with E-state index in [1.807, 2.05) is 43.3 Å². The van der Waals surface area contributed by atoms with Crippen molar-refractivity contribution in [3.63, 3.8) is 0 Å². The van der Waals surface area contributed by atoms with E-state index in [-0.39, 0.29) is 23.3 Å². The third kappa shape index (κ3) is 4.92. The molecule has 5 aromatic rings. The number of rotatable bonds is 7. The first kappa shape index (κ1) is 28.9. The molecule has 0 aliphatic carbocycles. The number of aryl methyl sites for hydroxylation is 1. The van der Waals surface area contributed by atoms with Gasteiger partial charge >= 0.3 is 11.9 Å². The van der Waals surface area contributed by atoms with Crippen LogP contribution in [0.5, 0.6) is 5.75 Å². The van der Waals surface area contributed by atoms with Crippen LogP contribution in [0.2, 0.25) is 0 Å². The molecule has 0 amide bonds. The van der Waals surface area contributed by atoms with Crippen LogP contribution in [0.4, 0.5) is 0 Å². The van der Waals surface area contributed by atoms with Crippen molar-refractivity contribution in [3.05, 3.63) is 120 Å². The molecule has 222 valence electrons. The third-order valence-corrected chi connectivity index (χ3v) is 8.56. The van der Waals surface area contributed by atoms with E-state index in [0.29, 0.717) is 37.9 Å². The van der Waals surface area contributed by atoms with E-state index in [1.165, 1.54) is 22.0 Å². The number of nitrogens with zero attached hydrogens (tertiary/aromatic N) is 2. The highest BCUT2D eigenvalue weighted by Gasteiger charge is 2.36. The Balaban J connectivity index is 1.53. The van der Waals surface area contributed by atoms with Gasteiger partial charge in [-0.1, -0.05) is 47.7 Å². The molecule has 0 radical (unpaired) electrons. The quantitative estimate of drug-likeness (QED) is 0.251. The number of carboxylic acids is 1. The van der Waals surface area contributed by atoms with Crippen LogP contribution in [-0.4, -0.2) is 35.3 Å². The fraction of sp³-hybridized carbons (Fsp3) is 0.176. The van der Waals surface area contributed by atoms with Crippen LogP contribution in [0, 0.1) is 6.92 Å². The number of fused-ring (bicyclic) bond motifs is 2. The maximum atomic E-state index is 14.2. The topological polar surface area (TPSA) is 120 Å². The molecule has 1 N–H and O–H groups in total. The highest BCUT2D eigenvalue weighted by Crippen LogP contribution is 2.40. The van der Waals surface area contributed by atoms with Crippen molar-refractivity contribution in [2.24, 2.45) is 4.99 Å². The van der Waals surface area contributed by atoms with Crippen LogP contribution in [0.3, 0.4) is 0 Å². The molecule has 2 aromatic heterocycles. The average molecular weight is 609 g/mol. The van der Waals surface area contributed by atoms with Gasteiger partial charge in [0, 0.05) is 17.2 Å². The van der Waals surface area contributed by atoms with Crippen LogP contribution in [0.15, 0.2) is 92.2 Å². The molecule has 0 saturated carbocycles. The van der Waals surface area contributed by atoms with Crippen molar-refractivity contribution in [2.45, 2.75) is 26.8 Å². The molecule has 0 saturated heterocycles. The Bertz CT molecular complexity index is 2180. The van der Waals surface area contributed by atoms with Gasteiger partial charge in [-0.05, 0) is 67.4 Å². The summed E-state index contributed by atoms with van der Waals surface area (Å²) in [7, 11) is 1.56. The first-order chi connectivity index (χ1) is 21.2. The molecule has 3 heterocycles. The lowest BCUT2D eigenvalue weighted by Gasteiger charge is -2.27. The van der Waals surface area contributed by atoms with Gasteiger partial charge in [0.2, 0.25) is 0 Å². The van der Waals surface area contributed by atoms with Crippen LogP contribution < -0.4 is 19.6 Å². The number of carbonyl (C=O) groups is 2. The summed E-state index contributed by atoms with van der Waals surface area (Å²) in [5.74, 6) is -0.0523. The SMILES string of the molecule is CCOC(=O)C1=C(C)N=c2s/c(=C\c3ccc(-c4ccc(C(=O)O)cc4C)o3)c(=O)n2[C@H]1c1c(OC)ccc2ccccc12. The number of furan rings is 1. The van der Waals surface area contributed by atoms with Crippen molar-refractivity contribution >= 4 is 40.1 Å². The highest BCUT2D eigenvalue weighted by atomic mass is 32.1. The summed E-state index contributed by atoms with van der Waals surface area (Å²) in [6.07, 6.45) is 1.65. The molecular weight excluding hydrogens is 580 g/mol. The monoisotopic (exact) mass is 608 g/mol. The number of allylic oxidation sites excluding steroid dienone is 1. The Morgan fingerprint density at radius 1 is 1.09 bits per heavy atom. The zero-order valence-electron chi connectivity index (χ0n) is 24.4. The van der Waals surface area contributed by atoms with Crippen molar-refractivity contribution in [1.29, 1.82) is 0 Å². The first-order valence-electron chi connectivity index (χ1n) is 13.9. The summed E-state index contributed by atoms with van der Waals surface area (Å²) in [6.45, 7) is 5.45. The van der Waals surface area contributed by atoms with Crippen molar-refractivity contribution < 1.29 is 28.6 Å². The molecule has 44 heavy (non-hydrogen) atoms. The van der Waals surface area contributed by atoms with E-state index in [0.717, 1.165) is 21.9 Å². The predicted octanol–water partition coefficient (Wildman–Crippen LogP) is 5.23. The van der Waals surface area contributed by atoms with Gasteiger partial charge in [-0.15, -0.1) is 0 Å². The molecule has 1 atom stereocenters.